The Labute approximate surface area is 122 Å². The molecule has 0 fully saturated rings. The molecule has 2 aromatic rings. The number of nitrogens with one attached hydrogen (secondary N) is 1. The van der Waals surface area contributed by atoms with Crippen LogP contribution in [-0.4, -0.2) is 37.2 Å². The molecule has 104 valence electrons. The quantitative estimate of drug-likeness (QED) is 0.880. The summed E-state index contributed by atoms with van der Waals surface area (Å²) in [5, 5.41) is 21.8. The highest BCUT2D eigenvalue weighted by atomic mass is 35.5. The molecule has 0 saturated carbocycles. The fourth-order valence-corrected chi connectivity index (χ4v) is 1.90. The second kappa shape index (κ2) is 5.85. The third kappa shape index (κ3) is 3.03. The van der Waals surface area contributed by atoms with Crippen molar-refractivity contribution in [1.82, 2.24) is 20.2 Å². The van der Waals surface area contributed by atoms with Crippen LogP contribution in [0.2, 0.25) is 10.0 Å². The van der Waals surface area contributed by atoms with Crippen molar-refractivity contribution >= 4 is 40.8 Å². The summed E-state index contributed by atoms with van der Waals surface area (Å²) in [6.07, 6.45) is 1.25. The van der Waals surface area contributed by atoms with Gasteiger partial charge in [0.15, 0.2) is 0 Å². The van der Waals surface area contributed by atoms with E-state index in [0.29, 0.717) is 0 Å². The van der Waals surface area contributed by atoms with Gasteiger partial charge in [-0.1, -0.05) is 23.2 Å². The van der Waals surface area contributed by atoms with E-state index in [4.69, 9.17) is 28.3 Å². The van der Waals surface area contributed by atoms with Crippen molar-refractivity contribution in [3.8, 4) is 0 Å². The number of amides is 1. The van der Waals surface area contributed by atoms with Crippen molar-refractivity contribution in [2.45, 2.75) is 6.54 Å². The number of benzene rings is 1. The largest absolute Gasteiger partial charge is 0.478 e. The molecule has 1 heterocycles. The molecule has 0 aliphatic heterocycles. The summed E-state index contributed by atoms with van der Waals surface area (Å²) < 4.78 is 1.17. The van der Waals surface area contributed by atoms with Crippen LogP contribution in [0.3, 0.4) is 0 Å². The normalized spacial score (nSPS) is 10.3. The lowest BCUT2D eigenvalue weighted by molar-refractivity contribution is -0.116. The van der Waals surface area contributed by atoms with E-state index in [1.807, 2.05) is 0 Å². The van der Waals surface area contributed by atoms with E-state index in [-0.39, 0.29) is 27.8 Å². The van der Waals surface area contributed by atoms with E-state index in [0.717, 1.165) is 0 Å². The number of aromatic carboxylic acids is 1. The maximum absolute atomic E-state index is 11.8. The highest BCUT2D eigenvalue weighted by Gasteiger charge is 2.19. The number of carbonyl (C=O) groups excluding carboxylic acids is 1. The molecule has 2 N–H and O–H groups in total. The van der Waals surface area contributed by atoms with Gasteiger partial charge in [0, 0.05) is 0 Å². The Morgan fingerprint density at radius 3 is 2.60 bits per heavy atom. The maximum Gasteiger partial charge on any atom is 0.339 e. The summed E-state index contributed by atoms with van der Waals surface area (Å²) in [6, 6.07) is 2.73. The molecule has 0 unspecified atom stereocenters. The lowest BCUT2D eigenvalue weighted by Crippen LogP contribution is -2.21. The van der Waals surface area contributed by atoms with Crippen LogP contribution in [-0.2, 0) is 11.3 Å². The van der Waals surface area contributed by atoms with Gasteiger partial charge < -0.3 is 10.4 Å². The predicted molar refractivity (Wildman–Crippen MR) is 69.9 cm³/mol. The molecule has 1 amide bonds. The number of aromatic nitrogens is 4. The zero-order chi connectivity index (χ0) is 14.7. The molecule has 0 atom stereocenters. The number of hydrogen-bond acceptors (Lipinski definition) is 5. The van der Waals surface area contributed by atoms with Crippen molar-refractivity contribution in [3.05, 3.63) is 34.1 Å². The SMILES string of the molecule is O=C(Cn1cnnn1)Nc1c(Cl)ccc(Cl)c1C(=O)O. The number of carbonyl (C=O) groups is 2. The average molecular weight is 316 g/mol. The Morgan fingerprint density at radius 2 is 2.00 bits per heavy atom. The van der Waals surface area contributed by atoms with Gasteiger partial charge in [-0.2, -0.15) is 0 Å². The van der Waals surface area contributed by atoms with Gasteiger partial charge in [0.2, 0.25) is 5.91 Å². The van der Waals surface area contributed by atoms with Gasteiger partial charge >= 0.3 is 5.97 Å². The van der Waals surface area contributed by atoms with Gasteiger partial charge in [-0.3, -0.25) is 4.79 Å². The van der Waals surface area contributed by atoms with Crippen molar-refractivity contribution < 1.29 is 14.7 Å². The molecule has 0 aliphatic rings. The molecular weight excluding hydrogens is 309 g/mol. The summed E-state index contributed by atoms with van der Waals surface area (Å²) in [6.45, 7) is -0.186. The molecule has 2 rings (SSSR count). The first kappa shape index (κ1) is 14.2. The molecule has 0 spiro atoms. The van der Waals surface area contributed by atoms with E-state index in [9.17, 15) is 9.59 Å². The molecule has 10 heteroatoms. The number of halogens is 2. The van der Waals surface area contributed by atoms with Crippen LogP contribution >= 0.6 is 23.2 Å². The highest BCUT2D eigenvalue weighted by Crippen LogP contribution is 2.31. The summed E-state index contributed by atoms with van der Waals surface area (Å²) in [5.74, 6) is -1.83. The van der Waals surface area contributed by atoms with Gasteiger partial charge in [-0.25, -0.2) is 9.48 Å². The van der Waals surface area contributed by atoms with Crippen molar-refractivity contribution in [2.24, 2.45) is 0 Å². The van der Waals surface area contributed by atoms with Crippen LogP contribution in [0.25, 0.3) is 0 Å². The average Bonchev–Trinajstić information content (AvgIpc) is 2.86. The molecule has 1 aromatic carbocycles. The summed E-state index contributed by atoms with van der Waals surface area (Å²) in [4.78, 5) is 23.0. The van der Waals surface area contributed by atoms with Crippen molar-refractivity contribution in [1.29, 1.82) is 0 Å². The number of hydrogen-bond donors (Lipinski definition) is 2. The molecule has 20 heavy (non-hydrogen) atoms. The molecule has 0 saturated heterocycles. The molecule has 0 radical (unpaired) electrons. The standard InChI is InChI=1S/C10H7Cl2N5O3/c11-5-1-2-6(12)9(8(5)10(19)20)14-7(18)3-17-4-13-15-16-17/h1-2,4H,3H2,(H,14,18)(H,19,20). The lowest BCUT2D eigenvalue weighted by Gasteiger charge is -2.11. The molecule has 8 nitrogen and oxygen atoms in total. The smallest absolute Gasteiger partial charge is 0.339 e. The summed E-state index contributed by atoms with van der Waals surface area (Å²) >= 11 is 11.7. The first-order chi connectivity index (χ1) is 9.49. The second-order valence-electron chi connectivity index (χ2n) is 3.64. The van der Waals surface area contributed by atoms with Gasteiger partial charge in [0.05, 0.1) is 15.7 Å². The first-order valence-electron chi connectivity index (χ1n) is 5.21. The Hall–Kier alpha value is -2.19. The number of anilines is 1. The third-order valence-corrected chi connectivity index (χ3v) is 2.91. The Balaban J connectivity index is 2.26. The molecule has 1 aromatic heterocycles. The fourth-order valence-electron chi connectivity index (χ4n) is 1.46. The minimum Gasteiger partial charge on any atom is -0.478 e. The van der Waals surface area contributed by atoms with Crippen LogP contribution in [0.4, 0.5) is 5.69 Å². The Bertz CT molecular complexity index is 659. The number of nitrogens with zero attached hydrogens (tertiary/aromatic N) is 4. The third-order valence-electron chi connectivity index (χ3n) is 2.28. The Kier molecular flexibility index (Phi) is 4.16. The minimum absolute atomic E-state index is 0.0281. The van der Waals surface area contributed by atoms with Crippen molar-refractivity contribution in [3.63, 3.8) is 0 Å². The topological polar surface area (TPSA) is 110 Å². The summed E-state index contributed by atoms with van der Waals surface area (Å²) in [5.41, 5.74) is -0.339. The van der Waals surface area contributed by atoms with Crippen molar-refractivity contribution in [2.75, 3.05) is 5.32 Å². The monoisotopic (exact) mass is 315 g/mol. The van der Waals surface area contributed by atoms with Crippen LogP contribution in [0.1, 0.15) is 10.4 Å². The van der Waals surface area contributed by atoms with Gasteiger partial charge in [-0.05, 0) is 22.6 Å². The van der Waals surface area contributed by atoms with Gasteiger partial charge in [0.25, 0.3) is 0 Å². The zero-order valence-electron chi connectivity index (χ0n) is 9.75. The maximum atomic E-state index is 11.8. The van der Waals surface area contributed by atoms with Gasteiger partial charge in [0.1, 0.15) is 18.4 Å². The number of carboxylic acid groups (broad SMARTS) is 1. The minimum atomic E-state index is -1.30. The van der Waals surface area contributed by atoms with E-state index < -0.39 is 11.9 Å². The van der Waals surface area contributed by atoms with E-state index in [2.05, 4.69) is 20.8 Å². The lowest BCUT2D eigenvalue weighted by atomic mass is 10.1. The van der Waals surface area contributed by atoms with Crippen LogP contribution in [0.15, 0.2) is 18.5 Å². The number of tetrazole rings is 1. The van der Waals surface area contributed by atoms with Gasteiger partial charge in [-0.15, -0.1) is 5.10 Å². The van der Waals surface area contributed by atoms with Crippen LogP contribution in [0.5, 0.6) is 0 Å². The Morgan fingerprint density at radius 1 is 1.30 bits per heavy atom. The van der Waals surface area contributed by atoms with E-state index in [1.54, 1.807) is 0 Å². The van der Waals surface area contributed by atoms with Crippen LogP contribution in [0, 0.1) is 0 Å². The number of rotatable bonds is 4. The number of carboxylic acids is 1. The summed E-state index contributed by atoms with van der Waals surface area (Å²) in [7, 11) is 0. The van der Waals surface area contributed by atoms with E-state index in [1.165, 1.54) is 23.1 Å². The first-order valence-corrected chi connectivity index (χ1v) is 5.96. The molecular formula is C10H7Cl2N5O3. The van der Waals surface area contributed by atoms with Crippen LogP contribution < -0.4 is 5.32 Å². The fraction of sp³-hybridized carbons (Fsp3) is 0.100. The molecule has 0 bridgehead atoms. The zero-order valence-corrected chi connectivity index (χ0v) is 11.3. The van der Waals surface area contributed by atoms with E-state index >= 15 is 0 Å². The second-order valence-corrected chi connectivity index (χ2v) is 4.45. The highest BCUT2D eigenvalue weighted by molar-refractivity contribution is 6.38. The predicted octanol–water partition coefficient (Wildman–Crippen LogP) is 1.32. The molecule has 0 aliphatic carbocycles.